The number of esters is 1. The van der Waals surface area contributed by atoms with Gasteiger partial charge in [-0.25, -0.2) is 4.79 Å². The fourth-order valence-electron chi connectivity index (χ4n) is 2.87. The van der Waals surface area contributed by atoms with Crippen molar-refractivity contribution in [2.75, 3.05) is 32.1 Å². The van der Waals surface area contributed by atoms with E-state index in [1.165, 1.54) is 12.0 Å². The molecule has 1 aliphatic rings. The number of hydrogen-bond acceptors (Lipinski definition) is 6. The molecule has 1 aromatic carbocycles. The van der Waals surface area contributed by atoms with Crippen LogP contribution in [0.15, 0.2) is 47.8 Å². The van der Waals surface area contributed by atoms with Gasteiger partial charge in [-0.3, -0.25) is 9.48 Å². The van der Waals surface area contributed by atoms with Gasteiger partial charge in [-0.05, 0) is 23.8 Å². The van der Waals surface area contributed by atoms with Crippen LogP contribution in [0.3, 0.4) is 0 Å². The molecule has 2 N–H and O–H groups in total. The Balaban J connectivity index is 1.84. The standard InChI is InChI=1S/C18H20N4O4/c1-21-15(7-8-19-21)12-3-5-13(6-4-12)20-16-14(18(25)26-2)11-22(9-10-23)17(16)24/h3-8,20,23H,9-11H2,1-2H3. The second-order valence-electron chi connectivity index (χ2n) is 5.84. The molecule has 1 amide bonds. The van der Waals surface area contributed by atoms with Crippen LogP contribution in [0.25, 0.3) is 11.3 Å². The molecule has 1 aromatic heterocycles. The third-order valence-corrected chi connectivity index (χ3v) is 4.22. The zero-order chi connectivity index (χ0) is 18.7. The number of benzene rings is 1. The van der Waals surface area contributed by atoms with Crippen LogP contribution in [-0.4, -0.2) is 58.5 Å². The molecule has 0 radical (unpaired) electrons. The van der Waals surface area contributed by atoms with Gasteiger partial charge in [-0.2, -0.15) is 5.10 Å². The van der Waals surface area contributed by atoms with Crippen LogP contribution in [0.4, 0.5) is 5.69 Å². The Morgan fingerprint density at radius 2 is 2.04 bits per heavy atom. The molecule has 136 valence electrons. The number of aryl methyl sites for hydroxylation is 1. The number of nitrogens with zero attached hydrogens (tertiary/aromatic N) is 3. The Bertz CT molecular complexity index is 854. The summed E-state index contributed by atoms with van der Waals surface area (Å²) in [6.07, 6.45) is 1.72. The van der Waals surface area contributed by atoms with Crippen LogP contribution >= 0.6 is 0 Å². The molecule has 0 fully saturated rings. The lowest BCUT2D eigenvalue weighted by Gasteiger charge is -2.15. The van der Waals surface area contributed by atoms with Crippen molar-refractivity contribution in [3.05, 3.63) is 47.8 Å². The van der Waals surface area contributed by atoms with Crippen molar-refractivity contribution in [3.8, 4) is 11.3 Å². The predicted octanol–water partition coefficient (Wildman–Crippen LogP) is 0.761. The largest absolute Gasteiger partial charge is 0.466 e. The Morgan fingerprint density at radius 3 is 2.62 bits per heavy atom. The summed E-state index contributed by atoms with van der Waals surface area (Å²) in [6.45, 7) is 0.0955. The van der Waals surface area contributed by atoms with Crippen LogP contribution in [0.1, 0.15) is 0 Å². The number of nitrogens with one attached hydrogen (secondary N) is 1. The smallest absolute Gasteiger partial charge is 0.337 e. The summed E-state index contributed by atoms with van der Waals surface area (Å²) in [6, 6.07) is 9.37. The maximum atomic E-state index is 12.5. The maximum absolute atomic E-state index is 12.5. The second kappa shape index (κ2) is 7.40. The highest BCUT2D eigenvalue weighted by Gasteiger charge is 2.34. The van der Waals surface area contributed by atoms with E-state index < -0.39 is 5.97 Å². The summed E-state index contributed by atoms with van der Waals surface area (Å²) in [5, 5.41) is 16.2. The molecule has 0 atom stereocenters. The normalized spacial score (nSPS) is 14.1. The highest BCUT2D eigenvalue weighted by molar-refractivity contribution is 6.08. The highest BCUT2D eigenvalue weighted by atomic mass is 16.5. The summed E-state index contributed by atoms with van der Waals surface area (Å²) in [7, 11) is 3.14. The average Bonchev–Trinajstić information content (AvgIpc) is 3.20. The molecule has 0 bridgehead atoms. The lowest BCUT2D eigenvalue weighted by molar-refractivity contribution is -0.136. The predicted molar refractivity (Wildman–Crippen MR) is 95.0 cm³/mol. The van der Waals surface area contributed by atoms with Crippen molar-refractivity contribution in [3.63, 3.8) is 0 Å². The molecule has 26 heavy (non-hydrogen) atoms. The van der Waals surface area contributed by atoms with Gasteiger partial charge in [0.05, 0.1) is 31.5 Å². The minimum absolute atomic E-state index is 0.113. The van der Waals surface area contributed by atoms with Gasteiger partial charge in [0, 0.05) is 25.5 Å². The van der Waals surface area contributed by atoms with Crippen LogP contribution < -0.4 is 5.32 Å². The van der Waals surface area contributed by atoms with Gasteiger partial charge in [0.2, 0.25) is 0 Å². The van der Waals surface area contributed by atoms with Gasteiger partial charge in [-0.1, -0.05) is 12.1 Å². The van der Waals surface area contributed by atoms with Crippen molar-refractivity contribution < 1.29 is 19.4 Å². The summed E-state index contributed by atoms with van der Waals surface area (Å²) < 4.78 is 6.54. The fourth-order valence-corrected chi connectivity index (χ4v) is 2.87. The van der Waals surface area contributed by atoms with Gasteiger partial charge in [0.1, 0.15) is 5.70 Å². The van der Waals surface area contributed by atoms with E-state index in [1.807, 2.05) is 37.4 Å². The van der Waals surface area contributed by atoms with Crippen molar-refractivity contribution in [1.29, 1.82) is 0 Å². The number of aliphatic hydroxyl groups is 1. The number of rotatable bonds is 6. The molecule has 8 nitrogen and oxygen atoms in total. The average molecular weight is 356 g/mol. The van der Waals surface area contributed by atoms with Gasteiger partial charge >= 0.3 is 5.97 Å². The van der Waals surface area contributed by atoms with Gasteiger partial charge in [0.25, 0.3) is 5.91 Å². The minimum atomic E-state index is -0.562. The van der Waals surface area contributed by atoms with Gasteiger partial charge in [-0.15, -0.1) is 0 Å². The van der Waals surface area contributed by atoms with Crippen molar-refractivity contribution in [1.82, 2.24) is 14.7 Å². The Labute approximate surface area is 150 Å². The fraction of sp³-hybridized carbons (Fsp3) is 0.278. The maximum Gasteiger partial charge on any atom is 0.337 e. The number of anilines is 1. The number of methoxy groups -OCH3 is 1. The number of carbonyl (C=O) groups excluding carboxylic acids is 2. The van der Waals surface area contributed by atoms with Crippen LogP contribution in [-0.2, 0) is 21.4 Å². The molecule has 0 spiro atoms. The first-order valence-electron chi connectivity index (χ1n) is 8.12. The van der Waals surface area contributed by atoms with E-state index in [0.29, 0.717) is 5.69 Å². The number of aliphatic hydroxyl groups excluding tert-OH is 1. The number of ether oxygens (including phenoxy) is 1. The minimum Gasteiger partial charge on any atom is -0.466 e. The zero-order valence-electron chi connectivity index (χ0n) is 14.6. The van der Waals surface area contributed by atoms with Crippen LogP contribution in [0.2, 0.25) is 0 Å². The lowest BCUT2D eigenvalue weighted by Crippen LogP contribution is -2.31. The molecule has 3 rings (SSSR count). The van der Waals surface area contributed by atoms with Crippen LogP contribution in [0, 0.1) is 0 Å². The highest BCUT2D eigenvalue weighted by Crippen LogP contribution is 2.25. The second-order valence-corrected chi connectivity index (χ2v) is 5.84. The first-order chi connectivity index (χ1) is 12.5. The van der Waals surface area contributed by atoms with Crippen molar-refractivity contribution >= 4 is 17.6 Å². The zero-order valence-corrected chi connectivity index (χ0v) is 14.6. The molecule has 1 aliphatic heterocycles. The summed E-state index contributed by atoms with van der Waals surface area (Å²) in [5.41, 5.74) is 3.06. The summed E-state index contributed by atoms with van der Waals surface area (Å²) in [5.74, 6) is -0.900. The quantitative estimate of drug-likeness (QED) is 0.742. The Morgan fingerprint density at radius 1 is 1.31 bits per heavy atom. The molecule has 2 aromatic rings. The molecular formula is C18H20N4O4. The summed E-state index contributed by atoms with van der Waals surface area (Å²) >= 11 is 0. The molecule has 0 saturated carbocycles. The molecule has 8 heteroatoms. The number of hydrogen-bond donors (Lipinski definition) is 2. The Kier molecular flexibility index (Phi) is 5.04. The lowest BCUT2D eigenvalue weighted by atomic mass is 10.1. The van der Waals surface area contributed by atoms with Crippen molar-refractivity contribution in [2.45, 2.75) is 0 Å². The van der Waals surface area contributed by atoms with Gasteiger partial charge in [0.15, 0.2) is 0 Å². The molecular weight excluding hydrogens is 336 g/mol. The first kappa shape index (κ1) is 17.7. The third kappa shape index (κ3) is 3.31. The molecule has 0 aliphatic carbocycles. The molecule has 2 heterocycles. The van der Waals surface area contributed by atoms with E-state index in [-0.39, 0.29) is 36.9 Å². The molecule has 0 unspecified atom stereocenters. The number of carbonyl (C=O) groups is 2. The summed E-state index contributed by atoms with van der Waals surface area (Å²) in [4.78, 5) is 25.9. The van der Waals surface area contributed by atoms with E-state index in [1.54, 1.807) is 10.9 Å². The van der Waals surface area contributed by atoms with E-state index >= 15 is 0 Å². The van der Waals surface area contributed by atoms with Gasteiger partial charge < -0.3 is 20.1 Å². The SMILES string of the molecule is COC(=O)C1=C(Nc2ccc(-c3ccnn3C)cc2)C(=O)N(CCO)C1. The number of aromatic nitrogens is 2. The van der Waals surface area contributed by atoms with E-state index in [4.69, 9.17) is 9.84 Å². The third-order valence-electron chi connectivity index (χ3n) is 4.22. The van der Waals surface area contributed by atoms with E-state index in [9.17, 15) is 9.59 Å². The topological polar surface area (TPSA) is 96.7 Å². The number of amides is 1. The Hall–Kier alpha value is -3.13. The van der Waals surface area contributed by atoms with Crippen molar-refractivity contribution in [2.24, 2.45) is 7.05 Å². The molecule has 0 saturated heterocycles. The van der Waals surface area contributed by atoms with E-state index in [0.717, 1.165) is 11.3 Å². The van der Waals surface area contributed by atoms with Crippen LogP contribution in [0.5, 0.6) is 0 Å². The first-order valence-corrected chi connectivity index (χ1v) is 8.12. The number of β-amino-alcohol motifs (C(OH)–C–C–N with tert-alkyl or cyclic N) is 1. The van der Waals surface area contributed by atoms with E-state index in [2.05, 4.69) is 10.4 Å². The monoisotopic (exact) mass is 356 g/mol.